The normalized spacial score (nSPS) is 11.4. The Kier molecular flexibility index (Phi) is 4.74. The van der Waals surface area contributed by atoms with E-state index in [9.17, 15) is 9.50 Å². The van der Waals surface area contributed by atoms with Gasteiger partial charge in [-0.2, -0.15) is 5.10 Å². The number of anilines is 1. The van der Waals surface area contributed by atoms with Crippen LogP contribution in [0.4, 0.5) is 10.1 Å². The molecule has 0 aliphatic rings. The van der Waals surface area contributed by atoms with Gasteiger partial charge in [-0.15, -0.1) is 0 Å². The van der Waals surface area contributed by atoms with E-state index >= 15 is 0 Å². The van der Waals surface area contributed by atoms with Gasteiger partial charge in [0, 0.05) is 60.0 Å². The number of hydrogen-bond acceptors (Lipinski definition) is 5. The van der Waals surface area contributed by atoms with Gasteiger partial charge in [0.25, 0.3) is 0 Å². The van der Waals surface area contributed by atoms with Crippen LogP contribution in [0.25, 0.3) is 55.6 Å². The maximum Gasteiger partial charge on any atom is 0.181 e. The summed E-state index contributed by atoms with van der Waals surface area (Å²) in [5.41, 5.74) is 7.43. The van der Waals surface area contributed by atoms with Crippen molar-refractivity contribution >= 4 is 27.6 Å². The molecule has 0 radical (unpaired) electrons. The Labute approximate surface area is 199 Å². The molecular formula is C27H21FN6O. The number of aromatic amines is 2. The molecule has 172 valence electrons. The Balaban J connectivity index is 1.48. The molecular weight excluding hydrogens is 443 g/mol. The van der Waals surface area contributed by atoms with Crippen molar-refractivity contribution in [2.45, 2.75) is 0 Å². The van der Waals surface area contributed by atoms with Crippen LogP contribution in [0.1, 0.15) is 0 Å². The number of halogens is 1. The quantitative estimate of drug-likeness (QED) is 0.309. The summed E-state index contributed by atoms with van der Waals surface area (Å²) in [7, 11) is 3.96. The van der Waals surface area contributed by atoms with Gasteiger partial charge < -0.3 is 15.0 Å². The molecule has 2 aromatic carbocycles. The van der Waals surface area contributed by atoms with Gasteiger partial charge in [-0.3, -0.25) is 10.1 Å². The Bertz CT molecular complexity index is 1700. The lowest BCUT2D eigenvalue weighted by atomic mass is 10.0. The van der Waals surface area contributed by atoms with Crippen molar-refractivity contribution in [2.75, 3.05) is 19.0 Å². The Hall–Kier alpha value is -4.72. The van der Waals surface area contributed by atoms with E-state index in [0.29, 0.717) is 11.2 Å². The van der Waals surface area contributed by atoms with Crippen LogP contribution in [-0.4, -0.2) is 44.4 Å². The third kappa shape index (κ3) is 3.65. The van der Waals surface area contributed by atoms with Crippen molar-refractivity contribution < 1.29 is 9.50 Å². The molecule has 0 aliphatic carbocycles. The highest BCUT2D eigenvalue weighted by molar-refractivity contribution is 6.01. The van der Waals surface area contributed by atoms with Gasteiger partial charge in [0.1, 0.15) is 11.6 Å². The van der Waals surface area contributed by atoms with Crippen LogP contribution >= 0.6 is 0 Å². The summed E-state index contributed by atoms with van der Waals surface area (Å²) in [6, 6.07) is 16.0. The van der Waals surface area contributed by atoms with Crippen molar-refractivity contribution in [3.05, 3.63) is 79.0 Å². The van der Waals surface area contributed by atoms with Gasteiger partial charge in [0.15, 0.2) is 5.65 Å². The number of nitrogens with one attached hydrogen (secondary N) is 2. The number of fused-ring (bicyclic) bond motifs is 2. The van der Waals surface area contributed by atoms with Gasteiger partial charge in [-0.05, 0) is 47.5 Å². The summed E-state index contributed by atoms with van der Waals surface area (Å²) in [6.45, 7) is 0. The predicted octanol–water partition coefficient (Wildman–Crippen LogP) is 5.75. The van der Waals surface area contributed by atoms with Crippen LogP contribution in [-0.2, 0) is 0 Å². The average molecular weight is 465 g/mol. The number of benzene rings is 2. The molecule has 35 heavy (non-hydrogen) atoms. The fourth-order valence-electron chi connectivity index (χ4n) is 4.36. The lowest BCUT2D eigenvalue weighted by Gasteiger charge is -2.12. The molecule has 0 amide bonds. The zero-order valence-corrected chi connectivity index (χ0v) is 19.0. The third-order valence-corrected chi connectivity index (χ3v) is 6.11. The first-order valence-corrected chi connectivity index (χ1v) is 11.1. The van der Waals surface area contributed by atoms with Crippen molar-refractivity contribution in [1.29, 1.82) is 0 Å². The molecule has 0 atom stereocenters. The van der Waals surface area contributed by atoms with Crippen molar-refractivity contribution in [1.82, 2.24) is 25.1 Å². The molecule has 0 fully saturated rings. The van der Waals surface area contributed by atoms with Gasteiger partial charge in [-0.25, -0.2) is 9.37 Å². The monoisotopic (exact) mass is 464 g/mol. The molecule has 0 saturated carbocycles. The van der Waals surface area contributed by atoms with Gasteiger partial charge in [0.05, 0.1) is 23.3 Å². The van der Waals surface area contributed by atoms with E-state index in [-0.39, 0.29) is 5.75 Å². The molecule has 6 aromatic rings. The first kappa shape index (κ1) is 20.9. The van der Waals surface area contributed by atoms with E-state index in [1.165, 1.54) is 6.07 Å². The maximum atomic E-state index is 14.0. The van der Waals surface area contributed by atoms with Crippen molar-refractivity contribution in [3.8, 4) is 39.4 Å². The molecule has 6 rings (SSSR count). The minimum absolute atomic E-state index is 0.112. The summed E-state index contributed by atoms with van der Waals surface area (Å²) < 4.78 is 14.0. The predicted molar refractivity (Wildman–Crippen MR) is 136 cm³/mol. The van der Waals surface area contributed by atoms with Gasteiger partial charge in [0.2, 0.25) is 0 Å². The first-order chi connectivity index (χ1) is 17.0. The molecule has 3 N–H and O–H groups in total. The van der Waals surface area contributed by atoms with E-state index in [1.54, 1.807) is 12.3 Å². The second-order valence-electron chi connectivity index (χ2n) is 8.67. The summed E-state index contributed by atoms with van der Waals surface area (Å²) >= 11 is 0. The Morgan fingerprint density at radius 1 is 0.886 bits per heavy atom. The lowest BCUT2D eigenvalue weighted by Crippen LogP contribution is -2.08. The SMILES string of the molecule is CN(C)c1cncc(-c2cnc3n[nH]c(-c4cc5c(-c6cc(O)cc(F)c6)cccc5[nH]4)c3c2)c1. The van der Waals surface area contributed by atoms with E-state index in [4.69, 9.17) is 0 Å². The number of phenols is 1. The molecule has 0 unspecified atom stereocenters. The minimum atomic E-state index is -0.487. The smallest absolute Gasteiger partial charge is 0.181 e. The first-order valence-electron chi connectivity index (χ1n) is 11.1. The summed E-state index contributed by atoms with van der Waals surface area (Å²) in [5.74, 6) is -0.600. The van der Waals surface area contributed by atoms with Gasteiger partial charge >= 0.3 is 0 Å². The Morgan fingerprint density at radius 3 is 2.57 bits per heavy atom. The van der Waals surface area contributed by atoms with Crippen LogP contribution in [0.2, 0.25) is 0 Å². The zero-order chi connectivity index (χ0) is 24.1. The highest BCUT2D eigenvalue weighted by Crippen LogP contribution is 2.36. The summed E-state index contributed by atoms with van der Waals surface area (Å²) in [6.07, 6.45) is 5.43. The van der Waals surface area contributed by atoms with Crippen molar-refractivity contribution in [3.63, 3.8) is 0 Å². The van der Waals surface area contributed by atoms with E-state index in [1.807, 2.05) is 55.7 Å². The highest BCUT2D eigenvalue weighted by atomic mass is 19.1. The minimum Gasteiger partial charge on any atom is -0.508 e. The number of aromatic hydroxyl groups is 1. The molecule has 0 aliphatic heterocycles. The molecule has 4 heterocycles. The molecule has 7 nitrogen and oxygen atoms in total. The lowest BCUT2D eigenvalue weighted by molar-refractivity contribution is 0.469. The molecule has 4 aromatic heterocycles. The maximum absolute atomic E-state index is 14.0. The highest BCUT2D eigenvalue weighted by Gasteiger charge is 2.15. The van der Waals surface area contributed by atoms with Gasteiger partial charge in [-0.1, -0.05) is 12.1 Å². The topological polar surface area (TPSA) is 93.7 Å². The molecule has 0 spiro atoms. The van der Waals surface area contributed by atoms with E-state index in [2.05, 4.69) is 37.3 Å². The number of phenolic OH excluding ortho intramolecular Hbond substituents is 1. The Morgan fingerprint density at radius 2 is 1.74 bits per heavy atom. The fraction of sp³-hybridized carbons (Fsp3) is 0.0741. The van der Waals surface area contributed by atoms with E-state index < -0.39 is 5.82 Å². The number of nitrogens with zero attached hydrogens (tertiary/aromatic N) is 4. The molecule has 8 heteroatoms. The fourth-order valence-corrected chi connectivity index (χ4v) is 4.36. The second-order valence-corrected chi connectivity index (χ2v) is 8.67. The molecule has 0 saturated heterocycles. The average Bonchev–Trinajstić information content (AvgIpc) is 3.47. The van der Waals surface area contributed by atoms with Crippen LogP contribution in [0.5, 0.6) is 5.75 Å². The van der Waals surface area contributed by atoms with Crippen LogP contribution in [0.15, 0.2) is 73.2 Å². The third-order valence-electron chi connectivity index (χ3n) is 6.11. The van der Waals surface area contributed by atoms with Crippen LogP contribution in [0, 0.1) is 5.82 Å². The second kappa shape index (κ2) is 7.95. The number of pyridine rings is 2. The van der Waals surface area contributed by atoms with Crippen LogP contribution < -0.4 is 4.90 Å². The summed E-state index contributed by atoms with van der Waals surface area (Å²) in [4.78, 5) is 14.4. The number of rotatable bonds is 4. The largest absolute Gasteiger partial charge is 0.508 e. The van der Waals surface area contributed by atoms with Crippen LogP contribution in [0.3, 0.4) is 0 Å². The zero-order valence-electron chi connectivity index (χ0n) is 19.0. The molecule has 0 bridgehead atoms. The standard InChI is InChI=1S/C27H21FN6O/c1-34(2)19-7-16(12-29-14-19)17-9-23-26(32-33-27(23)30-13-17)25-11-22-21(4-3-5-24(22)31-25)15-6-18(28)10-20(35)8-15/h3-14,31,35H,1-2H3,(H,30,32,33). The number of aromatic nitrogens is 5. The number of H-pyrrole nitrogens is 2. The summed E-state index contributed by atoms with van der Waals surface area (Å²) in [5, 5.41) is 19.2. The van der Waals surface area contributed by atoms with E-state index in [0.717, 1.165) is 56.1 Å². The van der Waals surface area contributed by atoms with Crippen molar-refractivity contribution in [2.24, 2.45) is 0 Å². The number of hydrogen-bond donors (Lipinski definition) is 3.